The molecule has 1 aromatic rings. The van der Waals surface area contributed by atoms with Crippen LogP contribution in [0, 0.1) is 0 Å². The number of hydrogen-bond acceptors (Lipinski definition) is 6. The quantitative estimate of drug-likeness (QED) is 0.533. The van der Waals surface area contributed by atoms with E-state index in [9.17, 15) is 14.7 Å². The molecule has 1 aliphatic heterocycles. The second kappa shape index (κ2) is 10.8. The molecule has 2 rings (SSSR count). The Bertz CT molecular complexity index is 564. The Hall–Kier alpha value is -2.12. The van der Waals surface area contributed by atoms with Crippen LogP contribution in [0.25, 0.3) is 0 Å². The number of carbonyl (C=O) groups is 2. The fourth-order valence-electron chi connectivity index (χ4n) is 2.77. The predicted octanol–water partition coefficient (Wildman–Crippen LogP) is 2.12. The number of carbonyl (C=O) groups excluding carboxylic acids is 2. The van der Waals surface area contributed by atoms with Gasteiger partial charge in [-0.15, -0.1) is 0 Å². The summed E-state index contributed by atoms with van der Waals surface area (Å²) in [5.41, 5.74) is 0.917. The van der Waals surface area contributed by atoms with Gasteiger partial charge in [-0.05, 0) is 18.4 Å². The third-order valence-electron chi connectivity index (χ3n) is 4.29. The molecular formula is C19H27NO6. The molecule has 1 amide bonds. The Morgan fingerprint density at radius 2 is 1.92 bits per heavy atom. The molecule has 1 aliphatic rings. The third kappa shape index (κ3) is 6.65. The van der Waals surface area contributed by atoms with E-state index >= 15 is 0 Å². The van der Waals surface area contributed by atoms with Crippen LogP contribution in [-0.2, 0) is 25.6 Å². The smallest absolute Gasteiger partial charge is 0.410 e. The largest absolute Gasteiger partial charge is 0.469 e. The molecule has 144 valence electrons. The minimum absolute atomic E-state index is 0.206. The maximum Gasteiger partial charge on any atom is 0.410 e. The van der Waals surface area contributed by atoms with Crippen LogP contribution in [0.5, 0.6) is 0 Å². The number of aliphatic hydroxyl groups excluding tert-OH is 1. The fourth-order valence-corrected chi connectivity index (χ4v) is 2.77. The van der Waals surface area contributed by atoms with Crippen LogP contribution in [0.15, 0.2) is 30.3 Å². The Kier molecular flexibility index (Phi) is 8.37. The number of unbranched alkanes of at least 4 members (excludes halogenated alkanes) is 2. The number of β-amino-alcohol motifs (C(OH)–C–C–N with tert-alkyl or cyclic N) is 1. The monoisotopic (exact) mass is 365 g/mol. The molecule has 1 saturated heterocycles. The molecule has 0 aromatic heterocycles. The van der Waals surface area contributed by atoms with E-state index in [0.29, 0.717) is 19.6 Å². The molecule has 7 heteroatoms. The van der Waals surface area contributed by atoms with Crippen LogP contribution in [0.3, 0.4) is 0 Å². The van der Waals surface area contributed by atoms with Gasteiger partial charge in [-0.25, -0.2) is 4.79 Å². The van der Waals surface area contributed by atoms with E-state index < -0.39 is 18.3 Å². The van der Waals surface area contributed by atoms with Crippen LogP contribution in [0.1, 0.15) is 31.2 Å². The maximum atomic E-state index is 12.1. The van der Waals surface area contributed by atoms with E-state index in [1.54, 1.807) is 0 Å². The lowest BCUT2D eigenvalue weighted by molar-refractivity contribution is -0.140. The Labute approximate surface area is 153 Å². The van der Waals surface area contributed by atoms with Gasteiger partial charge in [-0.1, -0.05) is 36.8 Å². The number of hydrogen-bond donors (Lipinski definition) is 1. The summed E-state index contributed by atoms with van der Waals surface area (Å²) in [5.74, 6) is -0.207. The van der Waals surface area contributed by atoms with Gasteiger partial charge in [0.1, 0.15) is 12.7 Å². The number of methoxy groups -OCH3 is 1. The van der Waals surface area contributed by atoms with E-state index in [1.807, 2.05) is 30.3 Å². The van der Waals surface area contributed by atoms with Crippen molar-refractivity contribution < 1.29 is 28.9 Å². The van der Waals surface area contributed by atoms with Crippen molar-refractivity contribution in [2.75, 3.05) is 26.8 Å². The van der Waals surface area contributed by atoms with Gasteiger partial charge >= 0.3 is 12.1 Å². The van der Waals surface area contributed by atoms with Crippen LogP contribution < -0.4 is 0 Å². The summed E-state index contributed by atoms with van der Waals surface area (Å²) in [6.07, 6.45) is 1.23. The molecule has 0 aliphatic carbocycles. The van der Waals surface area contributed by atoms with Crippen molar-refractivity contribution in [3.63, 3.8) is 0 Å². The van der Waals surface area contributed by atoms with Crippen LogP contribution >= 0.6 is 0 Å². The standard InChI is InChI=1S/C19H27NO6/c1-24-18(22)10-6-3-7-11-25-17-13-20(12-16(17)21)19(23)26-14-15-8-4-2-5-9-15/h2,4-5,8-9,16-17,21H,3,6-7,10-14H2,1H3/t16-,17-/m1/s1. The number of benzene rings is 1. The summed E-state index contributed by atoms with van der Waals surface area (Å²) in [5, 5.41) is 10.1. The molecule has 0 unspecified atom stereocenters. The molecule has 0 spiro atoms. The Morgan fingerprint density at radius 1 is 1.15 bits per heavy atom. The molecule has 2 atom stereocenters. The molecule has 0 radical (unpaired) electrons. The molecule has 1 fully saturated rings. The lowest BCUT2D eigenvalue weighted by Gasteiger charge is -2.16. The average Bonchev–Trinajstić information content (AvgIpc) is 3.04. The maximum absolute atomic E-state index is 12.1. The van der Waals surface area contributed by atoms with E-state index in [1.165, 1.54) is 12.0 Å². The molecule has 0 bridgehead atoms. The van der Waals surface area contributed by atoms with Crippen molar-refractivity contribution >= 4 is 12.1 Å². The van der Waals surface area contributed by atoms with E-state index in [2.05, 4.69) is 4.74 Å². The van der Waals surface area contributed by atoms with Gasteiger partial charge in [-0.2, -0.15) is 0 Å². The van der Waals surface area contributed by atoms with E-state index in [0.717, 1.165) is 24.8 Å². The zero-order valence-corrected chi connectivity index (χ0v) is 15.1. The number of likely N-dealkylation sites (tertiary alicyclic amines) is 1. The minimum atomic E-state index is -0.714. The SMILES string of the molecule is COC(=O)CCCCCO[C@@H]1CN(C(=O)OCc2ccccc2)C[C@H]1O. The number of amides is 1. The third-order valence-corrected chi connectivity index (χ3v) is 4.29. The van der Waals surface area contributed by atoms with Crippen molar-refractivity contribution in [2.45, 2.75) is 44.5 Å². The first kappa shape index (κ1) is 20.2. The highest BCUT2D eigenvalue weighted by Gasteiger charge is 2.35. The molecule has 26 heavy (non-hydrogen) atoms. The number of ether oxygens (including phenoxy) is 3. The van der Waals surface area contributed by atoms with Gasteiger partial charge in [0.05, 0.1) is 26.3 Å². The first-order valence-corrected chi connectivity index (χ1v) is 8.92. The summed E-state index contributed by atoms with van der Waals surface area (Å²) in [6.45, 7) is 1.21. The lowest BCUT2D eigenvalue weighted by atomic mass is 10.2. The number of esters is 1. The average molecular weight is 365 g/mol. The molecule has 1 aromatic carbocycles. The van der Waals surface area contributed by atoms with Crippen LogP contribution in [0.4, 0.5) is 4.79 Å². The van der Waals surface area contributed by atoms with E-state index in [4.69, 9.17) is 9.47 Å². The van der Waals surface area contributed by atoms with Crippen molar-refractivity contribution in [3.05, 3.63) is 35.9 Å². The summed E-state index contributed by atoms with van der Waals surface area (Å²) in [6, 6.07) is 9.45. The molecule has 1 N–H and O–H groups in total. The van der Waals surface area contributed by atoms with E-state index in [-0.39, 0.29) is 19.1 Å². The first-order valence-electron chi connectivity index (χ1n) is 8.92. The molecular weight excluding hydrogens is 338 g/mol. The number of rotatable bonds is 9. The summed E-state index contributed by atoms with van der Waals surface area (Å²) in [7, 11) is 1.38. The highest BCUT2D eigenvalue weighted by Crippen LogP contribution is 2.16. The number of nitrogens with zero attached hydrogens (tertiary/aromatic N) is 1. The Balaban J connectivity index is 1.62. The van der Waals surface area contributed by atoms with Crippen LogP contribution in [-0.4, -0.2) is 61.1 Å². The van der Waals surface area contributed by atoms with Gasteiger partial charge in [0.25, 0.3) is 0 Å². The molecule has 1 heterocycles. The summed E-state index contributed by atoms with van der Waals surface area (Å²) < 4.78 is 15.5. The van der Waals surface area contributed by atoms with Gasteiger partial charge < -0.3 is 24.2 Å². The number of aliphatic hydroxyl groups is 1. The highest BCUT2D eigenvalue weighted by molar-refractivity contribution is 5.69. The minimum Gasteiger partial charge on any atom is -0.469 e. The lowest BCUT2D eigenvalue weighted by Crippen LogP contribution is -2.30. The normalized spacial score (nSPS) is 19.4. The van der Waals surface area contributed by atoms with Gasteiger partial charge in [0, 0.05) is 13.0 Å². The van der Waals surface area contributed by atoms with Crippen molar-refractivity contribution in [1.82, 2.24) is 4.90 Å². The van der Waals surface area contributed by atoms with Crippen molar-refractivity contribution in [2.24, 2.45) is 0 Å². The van der Waals surface area contributed by atoms with Crippen molar-refractivity contribution in [1.29, 1.82) is 0 Å². The summed E-state index contributed by atoms with van der Waals surface area (Å²) >= 11 is 0. The summed E-state index contributed by atoms with van der Waals surface area (Å²) in [4.78, 5) is 24.6. The topological polar surface area (TPSA) is 85.3 Å². The zero-order valence-electron chi connectivity index (χ0n) is 15.1. The zero-order chi connectivity index (χ0) is 18.8. The van der Waals surface area contributed by atoms with Gasteiger partial charge in [-0.3, -0.25) is 4.79 Å². The fraction of sp³-hybridized carbons (Fsp3) is 0.579. The predicted molar refractivity (Wildman–Crippen MR) is 94.4 cm³/mol. The van der Waals surface area contributed by atoms with Crippen molar-refractivity contribution in [3.8, 4) is 0 Å². The Morgan fingerprint density at radius 3 is 2.65 bits per heavy atom. The molecule has 0 saturated carbocycles. The highest BCUT2D eigenvalue weighted by atomic mass is 16.6. The van der Waals surface area contributed by atoms with Gasteiger partial charge in [0.2, 0.25) is 0 Å². The second-order valence-electron chi connectivity index (χ2n) is 6.31. The second-order valence-corrected chi connectivity index (χ2v) is 6.31. The van der Waals surface area contributed by atoms with Gasteiger partial charge in [0.15, 0.2) is 0 Å². The molecule has 7 nitrogen and oxygen atoms in total. The van der Waals surface area contributed by atoms with Crippen LogP contribution in [0.2, 0.25) is 0 Å². The first-order chi connectivity index (χ1) is 12.6.